The standard InChI is InChI=1S/C9H11NO2/c1-11-7-4-3-6-5-10-8(6)9(7)12-2/h3-4,10H,5H2,1-2H3. The molecule has 0 bridgehead atoms. The summed E-state index contributed by atoms with van der Waals surface area (Å²) in [5.74, 6) is 1.59. The van der Waals surface area contributed by atoms with Crippen molar-refractivity contribution in [3.05, 3.63) is 17.7 Å². The Hall–Kier alpha value is -1.38. The van der Waals surface area contributed by atoms with Crippen LogP contribution in [-0.4, -0.2) is 14.2 Å². The number of methoxy groups -OCH3 is 2. The topological polar surface area (TPSA) is 30.5 Å². The molecular weight excluding hydrogens is 154 g/mol. The molecule has 12 heavy (non-hydrogen) atoms. The number of fused-ring (bicyclic) bond motifs is 1. The van der Waals surface area contributed by atoms with Gasteiger partial charge in [0, 0.05) is 6.54 Å². The first kappa shape index (κ1) is 7.28. The SMILES string of the molecule is COc1ccc2c(c1OC)NC2. The van der Waals surface area contributed by atoms with E-state index in [-0.39, 0.29) is 0 Å². The lowest BCUT2D eigenvalue weighted by atomic mass is 10.1. The second kappa shape index (κ2) is 2.59. The van der Waals surface area contributed by atoms with Gasteiger partial charge in [0.15, 0.2) is 11.5 Å². The van der Waals surface area contributed by atoms with Crippen molar-refractivity contribution < 1.29 is 9.47 Å². The summed E-state index contributed by atoms with van der Waals surface area (Å²) in [6.07, 6.45) is 0. The Balaban J connectivity index is 2.51. The highest BCUT2D eigenvalue weighted by atomic mass is 16.5. The average Bonchev–Trinajstić information content (AvgIpc) is 2.06. The molecule has 64 valence electrons. The maximum absolute atomic E-state index is 5.21. The van der Waals surface area contributed by atoms with E-state index in [2.05, 4.69) is 5.32 Å². The van der Waals surface area contributed by atoms with E-state index in [4.69, 9.17) is 9.47 Å². The van der Waals surface area contributed by atoms with Crippen LogP contribution in [0.3, 0.4) is 0 Å². The van der Waals surface area contributed by atoms with E-state index in [1.54, 1.807) is 14.2 Å². The zero-order valence-electron chi connectivity index (χ0n) is 7.18. The number of anilines is 1. The second-order valence-corrected chi connectivity index (χ2v) is 2.69. The summed E-state index contributed by atoms with van der Waals surface area (Å²) in [7, 11) is 3.29. The van der Waals surface area contributed by atoms with Crippen LogP contribution < -0.4 is 14.8 Å². The molecule has 0 saturated heterocycles. The highest BCUT2D eigenvalue weighted by molar-refractivity contribution is 5.73. The summed E-state index contributed by atoms with van der Waals surface area (Å²) in [4.78, 5) is 0. The molecule has 1 heterocycles. The molecule has 0 atom stereocenters. The van der Waals surface area contributed by atoms with Crippen molar-refractivity contribution >= 4 is 5.69 Å². The minimum atomic E-state index is 0.781. The van der Waals surface area contributed by atoms with Gasteiger partial charge >= 0.3 is 0 Å². The van der Waals surface area contributed by atoms with E-state index < -0.39 is 0 Å². The molecule has 1 N–H and O–H groups in total. The van der Waals surface area contributed by atoms with Crippen LogP contribution in [0.2, 0.25) is 0 Å². The van der Waals surface area contributed by atoms with E-state index in [1.807, 2.05) is 12.1 Å². The Morgan fingerprint density at radius 3 is 2.58 bits per heavy atom. The molecule has 0 radical (unpaired) electrons. The monoisotopic (exact) mass is 165 g/mol. The van der Waals surface area contributed by atoms with Gasteiger partial charge in [-0.3, -0.25) is 0 Å². The molecule has 1 aromatic carbocycles. The van der Waals surface area contributed by atoms with Gasteiger partial charge in [-0.2, -0.15) is 0 Å². The molecule has 0 unspecified atom stereocenters. The number of rotatable bonds is 2. The first-order valence-electron chi connectivity index (χ1n) is 3.84. The first-order chi connectivity index (χ1) is 5.86. The van der Waals surface area contributed by atoms with Gasteiger partial charge in [0.1, 0.15) is 0 Å². The molecule has 0 spiro atoms. The van der Waals surface area contributed by atoms with Crippen LogP contribution >= 0.6 is 0 Å². The van der Waals surface area contributed by atoms with Crippen LogP contribution in [0, 0.1) is 0 Å². The van der Waals surface area contributed by atoms with Gasteiger partial charge in [-0.25, -0.2) is 0 Å². The maximum atomic E-state index is 5.21. The van der Waals surface area contributed by atoms with Crippen molar-refractivity contribution in [2.24, 2.45) is 0 Å². The fourth-order valence-electron chi connectivity index (χ4n) is 1.39. The fraction of sp³-hybridized carbons (Fsp3) is 0.333. The zero-order valence-corrected chi connectivity index (χ0v) is 7.18. The van der Waals surface area contributed by atoms with E-state index in [1.165, 1.54) is 5.56 Å². The largest absolute Gasteiger partial charge is 0.493 e. The lowest BCUT2D eigenvalue weighted by molar-refractivity contribution is 0.355. The molecule has 1 aromatic rings. The molecule has 0 aliphatic carbocycles. The van der Waals surface area contributed by atoms with Crippen LogP contribution in [0.15, 0.2) is 12.1 Å². The lowest BCUT2D eigenvalue weighted by Gasteiger charge is -2.25. The molecular formula is C9H11NO2. The van der Waals surface area contributed by atoms with Crippen molar-refractivity contribution in [1.29, 1.82) is 0 Å². The average molecular weight is 165 g/mol. The number of ether oxygens (including phenoxy) is 2. The predicted molar refractivity (Wildman–Crippen MR) is 46.9 cm³/mol. The van der Waals surface area contributed by atoms with Crippen LogP contribution in [0.25, 0.3) is 0 Å². The van der Waals surface area contributed by atoms with Gasteiger partial charge in [0.25, 0.3) is 0 Å². The summed E-state index contributed by atoms with van der Waals surface area (Å²) in [5, 5.41) is 3.18. The Bertz CT molecular complexity index is 310. The molecule has 0 fully saturated rings. The number of nitrogens with one attached hydrogen (secondary N) is 1. The third kappa shape index (κ3) is 0.826. The van der Waals surface area contributed by atoms with Crippen molar-refractivity contribution in [2.75, 3.05) is 19.5 Å². The Labute approximate surface area is 71.3 Å². The van der Waals surface area contributed by atoms with Gasteiger partial charge < -0.3 is 14.8 Å². The smallest absolute Gasteiger partial charge is 0.184 e. The molecule has 1 aliphatic heterocycles. The van der Waals surface area contributed by atoms with E-state index >= 15 is 0 Å². The van der Waals surface area contributed by atoms with Crippen LogP contribution in [0.5, 0.6) is 11.5 Å². The summed E-state index contributed by atoms with van der Waals surface area (Å²) in [6.45, 7) is 0.926. The summed E-state index contributed by atoms with van der Waals surface area (Å²) in [5.41, 5.74) is 2.35. The second-order valence-electron chi connectivity index (χ2n) is 2.69. The third-order valence-electron chi connectivity index (χ3n) is 2.09. The lowest BCUT2D eigenvalue weighted by Crippen LogP contribution is -2.14. The fourth-order valence-corrected chi connectivity index (χ4v) is 1.39. The van der Waals surface area contributed by atoms with Crippen LogP contribution in [0.4, 0.5) is 5.69 Å². The first-order valence-corrected chi connectivity index (χ1v) is 3.84. The van der Waals surface area contributed by atoms with Gasteiger partial charge in [-0.15, -0.1) is 0 Å². The van der Waals surface area contributed by atoms with Gasteiger partial charge in [0.2, 0.25) is 0 Å². The molecule has 0 saturated carbocycles. The number of hydrogen-bond donors (Lipinski definition) is 1. The van der Waals surface area contributed by atoms with Crippen molar-refractivity contribution in [2.45, 2.75) is 6.54 Å². The van der Waals surface area contributed by atoms with E-state index in [9.17, 15) is 0 Å². The minimum absolute atomic E-state index is 0.781. The summed E-state index contributed by atoms with van der Waals surface area (Å²) in [6, 6.07) is 3.98. The van der Waals surface area contributed by atoms with Gasteiger partial charge in [-0.1, -0.05) is 6.07 Å². The molecule has 3 nitrogen and oxygen atoms in total. The van der Waals surface area contributed by atoms with Crippen LogP contribution in [0.1, 0.15) is 5.56 Å². The number of hydrogen-bond acceptors (Lipinski definition) is 3. The molecule has 0 amide bonds. The highest BCUT2D eigenvalue weighted by Crippen LogP contribution is 2.42. The molecule has 2 rings (SSSR count). The maximum Gasteiger partial charge on any atom is 0.184 e. The van der Waals surface area contributed by atoms with Crippen LogP contribution in [-0.2, 0) is 6.54 Å². The van der Waals surface area contributed by atoms with E-state index in [0.29, 0.717) is 0 Å². The van der Waals surface area contributed by atoms with Crippen molar-refractivity contribution in [3.8, 4) is 11.5 Å². The molecule has 3 heteroatoms. The van der Waals surface area contributed by atoms with Crippen molar-refractivity contribution in [3.63, 3.8) is 0 Å². The van der Waals surface area contributed by atoms with Gasteiger partial charge in [-0.05, 0) is 11.6 Å². The highest BCUT2D eigenvalue weighted by Gasteiger charge is 2.20. The van der Waals surface area contributed by atoms with Crippen molar-refractivity contribution in [1.82, 2.24) is 0 Å². The van der Waals surface area contributed by atoms with Gasteiger partial charge in [0.05, 0.1) is 19.9 Å². The number of benzene rings is 1. The normalized spacial score (nSPS) is 12.5. The van der Waals surface area contributed by atoms with E-state index in [0.717, 1.165) is 23.7 Å². The minimum Gasteiger partial charge on any atom is -0.493 e. The predicted octanol–water partition coefficient (Wildman–Crippen LogP) is 1.63. The third-order valence-corrected chi connectivity index (χ3v) is 2.09. The quantitative estimate of drug-likeness (QED) is 0.722. The zero-order chi connectivity index (χ0) is 8.55. The Morgan fingerprint density at radius 1 is 1.25 bits per heavy atom. The Morgan fingerprint density at radius 2 is 2.08 bits per heavy atom. The Kier molecular flexibility index (Phi) is 1.57. The molecule has 0 aromatic heterocycles. The summed E-state index contributed by atoms with van der Waals surface area (Å²) < 4.78 is 10.4. The summed E-state index contributed by atoms with van der Waals surface area (Å²) >= 11 is 0. The molecule has 1 aliphatic rings.